The SMILES string of the molecule is Cc1ncc(CN2CCC(Br)C2=O)s1. The largest absolute Gasteiger partial charge is 0.336 e. The summed E-state index contributed by atoms with van der Waals surface area (Å²) in [5, 5.41) is 1.06. The van der Waals surface area contributed by atoms with E-state index in [0.29, 0.717) is 6.54 Å². The summed E-state index contributed by atoms with van der Waals surface area (Å²) in [5.74, 6) is 0.205. The van der Waals surface area contributed by atoms with Gasteiger partial charge in [-0.1, -0.05) is 15.9 Å². The normalized spacial score (nSPS) is 22.0. The molecule has 0 saturated carbocycles. The Hall–Kier alpha value is -0.420. The van der Waals surface area contributed by atoms with Crippen LogP contribution in [0.5, 0.6) is 0 Å². The standard InChI is InChI=1S/C9H11BrN2OS/c1-6-11-4-7(14-6)5-12-3-2-8(10)9(12)13/h4,8H,2-3,5H2,1H3. The molecule has 1 aromatic heterocycles. The predicted molar refractivity (Wildman–Crippen MR) is 59.6 cm³/mol. The van der Waals surface area contributed by atoms with Crippen molar-refractivity contribution in [3.63, 3.8) is 0 Å². The third-order valence-electron chi connectivity index (χ3n) is 2.25. The van der Waals surface area contributed by atoms with Crippen LogP contribution in [0, 0.1) is 6.92 Å². The molecule has 0 aliphatic carbocycles. The molecular formula is C9H11BrN2OS. The molecule has 0 aromatic carbocycles. The van der Waals surface area contributed by atoms with Gasteiger partial charge >= 0.3 is 0 Å². The molecule has 1 aliphatic heterocycles. The molecule has 1 saturated heterocycles. The zero-order valence-electron chi connectivity index (χ0n) is 7.86. The van der Waals surface area contributed by atoms with Crippen molar-refractivity contribution < 1.29 is 4.79 Å². The fraction of sp³-hybridized carbons (Fsp3) is 0.556. The van der Waals surface area contributed by atoms with E-state index < -0.39 is 0 Å². The minimum absolute atomic E-state index is 0.0246. The number of rotatable bonds is 2. The van der Waals surface area contributed by atoms with Crippen molar-refractivity contribution in [3.05, 3.63) is 16.1 Å². The van der Waals surface area contributed by atoms with Crippen molar-refractivity contribution in [1.29, 1.82) is 0 Å². The fourth-order valence-corrected chi connectivity index (χ4v) is 2.83. The Morgan fingerprint density at radius 2 is 2.57 bits per heavy atom. The minimum atomic E-state index is 0.0246. The number of halogens is 1. The van der Waals surface area contributed by atoms with Gasteiger partial charge in [0.15, 0.2) is 0 Å². The van der Waals surface area contributed by atoms with Gasteiger partial charge < -0.3 is 4.90 Å². The van der Waals surface area contributed by atoms with Crippen LogP contribution in [0.4, 0.5) is 0 Å². The molecule has 0 N–H and O–H groups in total. The first-order chi connectivity index (χ1) is 6.66. The smallest absolute Gasteiger partial charge is 0.236 e. The van der Waals surface area contributed by atoms with Crippen molar-refractivity contribution >= 4 is 33.2 Å². The van der Waals surface area contributed by atoms with Crippen LogP contribution in [-0.2, 0) is 11.3 Å². The molecule has 1 atom stereocenters. The molecule has 1 amide bonds. The second-order valence-corrected chi connectivity index (χ2v) is 5.79. The zero-order chi connectivity index (χ0) is 10.1. The summed E-state index contributed by atoms with van der Waals surface area (Å²) >= 11 is 5.02. The number of carbonyl (C=O) groups is 1. The summed E-state index contributed by atoms with van der Waals surface area (Å²) in [4.78, 5) is 18.8. The van der Waals surface area contributed by atoms with E-state index in [-0.39, 0.29) is 10.7 Å². The lowest BCUT2D eigenvalue weighted by atomic mass is 10.4. The molecule has 76 valence electrons. The van der Waals surface area contributed by atoms with Gasteiger partial charge in [-0.2, -0.15) is 0 Å². The molecule has 3 nitrogen and oxygen atoms in total. The molecule has 14 heavy (non-hydrogen) atoms. The zero-order valence-corrected chi connectivity index (χ0v) is 10.3. The maximum Gasteiger partial charge on any atom is 0.236 e. The average Bonchev–Trinajstić information content (AvgIpc) is 2.67. The van der Waals surface area contributed by atoms with Crippen LogP contribution < -0.4 is 0 Å². The Balaban J connectivity index is 2.02. The van der Waals surface area contributed by atoms with E-state index in [0.717, 1.165) is 22.9 Å². The van der Waals surface area contributed by atoms with Crippen molar-refractivity contribution in [1.82, 2.24) is 9.88 Å². The van der Waals surface area contributed by atoms with Gasteiger partial charge in [-0.05, 0) is 13.3 Å². The third-order valence-corrected chi connectivity index (χ3v) is 3.99. The van der Waals surface area contributed by atoms with Gasteiger partial charge in [-0.25, -0.2) is 4.98 Å². The number of aryl methyl sites for hydroxylation is 1. The topological polar surface area (TPSA) is 33.2 Å². The van der Waals surface area contributed by atoms with E-state index >= 15 is 0 Å². The van der Waals surface area contributed by atoms with E-state index in [2.05, 4.69) is 20.9 Å². The molecule has 2 heterocycles. The Labute approximate surface area is 95.3 Å². The van der Waals surface area contributed by atoms with Crippen LogP contribution in [0.15, 0.2) is 6.20 Å². The second kappa shape index (κ2) is 3.98. The van der Waals surface area contributed by atoms with Crippen molar-refractivity contribution in [2.45, 2.75) is 24.7 Å². The Bertz CT molecular complexity index is 352. The van der Waals surface area contributed by atoms with Crippen LogP contribution >= 0.6 is 27.3 Å². The molecular weight excluding hydrogens is 264 g/mol. The molecule has 1 fully saturated rings. The summed E-state index contributed by atoms with van der Waals surface area (Å²) < 4.78 is 0. The highest BCUT2D eigenvalue weighted by molar-refractivity contribution is 9.10. The number of nitrogens with zero attached hydrogens (tertiary/aromatic N) is 2. The highest BCUT2D eigenvalue weighted by Crippen LogP contribution is 2.22. The van der Waals surface area contributed by atoms with Crippen molar-refractivity contribution in [2.24, 2.45) is 0 Å². The summed E-state index contributed by atoms with van der Waals surface area (Å²) in [7, 11) is 0. The molecule has 5 heteroatoms. The van der Waals surface area contributed by atoms with Crippen LogP contribution in [0.3, 0.4) is 0 Å². The first-order valence-electron chi connectivity index (χ1n) is 4.51. The van der Waals surface area contributed by atoms with Crippen molar-refractivity contribution in [2.75, 3.05) is 6.54 Å². The van der Waals surface area contributed by atoms with Crippen LogP contribution in [0.1, 0.15) is 16.3 Å². The van der Waals surface area contributed by atoms with Gasteiger partial charge in [0.25, 0.3) is 0 Å². The number of alkyl halides is 1. The summed E-state index contributed by atoms with van der Waals surface area (Å²) in [6.45, 7) is 3.55. The first kappa shape index (κ1) is 10.1. The van der Waals surface area contributed by atoms with Crippen LogP contribution in [0.25, 0.3) is 0 Å². The van der Waals surface area contributed by atoms with E-state index in [4.69, 9.17) is 0 Å². The maximum atomic E-state index is 11.6. The lowest BCUT2D eigenvalue weighted by Crippen LogP contribution is -2.26. The number of thiazole rings is 1. The molecule has 0 spiro atoms. The van der Waals surface area contributed by atoms with E-state index in [9.17, 15) is 4.79 Å². The Morgan fingerprint density at radius 1 is 1.79 bits per heavy atom. The van der Waals surface area contributed by atoms with Gasteiger partial charge in [0, 0.05) is 17.6 Å². The first-order valence-corrected chi connectivity index (χ1v) is 6.24. The third kappa shape index (κ3) is 1.98. The van der Waals surface area contributed by atoms with Gasteiger partial charge in [-0.3, -0.25) is 4.79 Å². The van der Waals surface area contributed by atoms with Crippen LogP contribution in [-0.4, -0.2) is 27.2 Å². The Morgan fingerprint density at radius 3 is 3.07 bits per heavy atom. The number of aromatic nitrogens is 1. The highest BCUT2D eigenvalue weighted by Gasteiger charge is 2.29. The van der Waals surface area contributed by atoms with E-state index in [1.165, 1.54) is 0 Å². The van der Waals surface area contributed by atoms with Gasteiger partial charge in [0.2, 0.25) is 5.91 Å². The number of carbonyl (C=O) groups excluding carboxylic acids is 1. The van der Waals surface area contributed by atoms with Crippen molar-refractivity contribution in [3.8, 4) is 0 Å². The van der Waals surface area contributed by atoms with E-state index in [1.54, 1.807) is 11.3 Å². The number of likely N-dealkylation sites (tertiary alicyclic amines) is 1. The number of hydrogen-bond acceptors (Lipinski definition) is 3. The van der Waals surface area contributed by atoms with Gasteiger partial charge in [0.05, 0.1) is 16.4 Å². The molecule has 1 aromatic rings. The highest BCUT2D eigenvalue weighted by atomic mass is 79.9. The summed E-state index contributed by atoms with van der Waals surface area (Å²) in [6, 6.07) is 0. The Kier molecular flexibility index (Phi) is 2.88. The summed E-state index contributed by atoms with van der Waals surface area (Å²) in [5.41, 5.74) is 0. The molecule has 1 unspecified atom stereocenters. The average molecular weight is 275 g/mol. The summed E-state index contributed by atoms with van der Waals surface area (Å²) in [6.07, 6.45) is 2.77. The lowest BCUT2D eigenvalue weighted by Gasteiger charge is -2.13. The van der Waals surface area contributed by atoms with Gasteiger partial charge in [0.1, 0.15) is 0 Å². The molecule has 0 radical (unpaired) electrons. The van der Waals surface area contributed by atoms with Gasteiger partial charge in [-0.15, -0.1) is 11.3 Å². The predicted octanol–water partition coefficient (Wildman–Crippen LogP) is 1.95. The lowest BCUT2D eigenvalue weighted by molar-refractivity contribution is -0.127. The number of hydrogen-bond donors (Lipinski definition) is 0. The number of amides is 1. The minimum Gasteiger partial charge on any atom is -0.336 e. The molecule has 2 rings (SSSR count). The molecule has 0 bridgehead atoms. The second-order valence-electron chi connectivity index (χ2n) is 3.36. The fourth-order valence-electron chi connectivity index (χ4n) is 1.52. The van der Waals surface area contributed by atoms with Crippen LogP contribution in [0.2, 0.25) is 0 Å². The van der Waals surface area contributed by atoms with E-state index in [1.807, 2.05) is 18.0 Å². The molecule has 1 aliphatic rings. The maximum absolute atomic E-state index is 11.6. The quantitative estimate of drug-likeness (QED) is 0.773. The monoisotopic (exact) mass is 274 g/mol.